The van der Waals surface area contributed by atoms with E-state index >= 15 is 0 Å². The highest BCUT2D eigenvalue weighted by Crippen LogP contribution is 2.57. The molecule has 0 unspecified atom stereocenters. The lowest BCUT2D eigenvalue weighted by Gasteiger charge is -2.08. The summed E-state index contributed by atoms with van der Waals surface area (Å²) in [6.07, 6.45) is 0. The molecule has 5 heteroatoms. The molecule has 3 aromatic carbocycles. The van der Waals surface area contributed by atoms with Crippen molar-refractivity contribution in [3.63, 3.8) is 0 Å². The Morgan fingerprint density at radius 1 is 0.731 bits per heavy atom. The molecule has 1 aliphatic rings. The van der Waals surface area contributed by atoms with Crippen molar-refractivity contribution in [2.45, 2.75) is 17.0 Å². The number of methoxy groups -OCH3 is 1. The van der Waals surface area contributed by atoms with Crippen LogP contribution in [0.1, 0.15) is 23.2 Å². The average Bonchev–Trinajstić information content (AvgIpc) is 3.46. The van der Waals surface area contributed by atoms with E-state index in [1.807, 2.05) is 60.7 Å². The van der Waals surface area contributed by atoms with Crippen molar-refractivity contribution in [2.24, 2.45) is 0 Å². The van der Waals surface area contributed by atoms with Crippen molar-refractivity contribution in [3.05, 3.63) is 96.1 Å². The second-order valence-electron chi connectivity index (χ2n) is 6.22. The van der Waals surface area contributed by atoms with E-state index in [2.05, 4.69) is 0 Å². The molecule has 2 atom stereocenters. The number of sulfonamides is 1. The lowest BCUT2D eigenvalue weighted by molar-refractivity contribution is 0.414. The fraction of sp³-hybridized carbons (Fsp3) is 0.143. The van der Waals surface area contributed by atoms with Gasteiger partial charge in [0, 0.05) is 0 Å². The number of ether oxygens (including phenoxy) is 1. The summed E-state index contributed by atoms with van der Waals surface area (Å²) >= 11 is 0. The molecular weight excluding hydrogens is 346 g/mol. The Hall–Kier alpha value is -2.63. The monoisotopic (exact) mass is 365 g/mol. The first-order valence-corrected chi connectivity index (χ1v) is 9.84. The zero-order chi connectivity index (χ0) is 18.1. The van der Waals surface area contributed by atoms with Gasteiger partial charge in [0.1, 0.15) is 5.75 Å². The quantitative estimate of drug-likeness (QED) is 0.637. The summed E-state index contributed by atoms with van der Waals surface area (Å²) in [7, 11) is -2.05. The molecule has 0 spiro atoms. The lowest BCUT2D eigenvalue weighted by Crippen LogP contribution is -2.13. The van der Waals surface area contributed by atoms with Gasteiger partial charge in [0.25, 0.3) is 0 Å². The van der Waals surface area contributed by atoms with Gasteiger partial charge in [-0.2, -0.15) is 4.31 Å². The van der Waals surface area contributed by atoms with Crippen LogP contribution in [-0.4, -0.2) is 19.8 Å². The van der Waals surface area contributed by atoms with E-state index in [0.29, 0.717) is 5.75 Å². The Bertz CT molecular complexity index is 941. The zero-order valence-corrected chi connectivity index (χ0v) is 15.1. The summed E-state index contributed by atoms with van der Waals surface area (Å²) in [4.78, 5) is 0.276. The van der Waals surface area contributed by atoms with Gasteiger partial charge in [-0.05, 0) is 35.4 Å². The van der Waals surface area contributed by atoms with Crippen LogP contribution in [0.15, 0.2) is 89.8 Å². The van der Waals surface area contributed by atoms with Gasteiger partial charge in [-0.25, -0.2) is 8.42 Å². The summed E-state index contributed by atoms with van der Waals surface area (Å²) in [5, 5.41) is 0. The molecule has 0 amide bonds. The molecule has 0 saturated carbocycles. The molecule has 26 heavy (non-hydrogen) atoms. The number of benzene rings is 3. The molecular formula is C21H19NO3S. The van der Waals surface area contributed by atoms with Crippen LogP contribution in [0.2, 0.25) is 0 Å². The molecule has 4 nitrogen and oxygen atoms in total. The second-order valence-corrected chi connectivity index (χ2v) is 8.06. The van der Waals surface area contributed by atoms with Gasteiger partial charge in [0.15, 0.2) is 0 Å². The van der Waals surface area contributed by atoms with Gasteiger partial charge < -0.3 is 4.74 Å². The number of hydrogen-bond acceptors (Lipinski definition) is 3. The van der Waals surface area contributed by atoms with Crippen LogP contribution >= 0.6 is 0 Å². The van der Waals surface area contributed by atoms with Crippen LogP contribution in [0, 0.1) is 0 Å². The van der Waals surface area contributed by atoms with Gasteiger partial charge in [-0.3, -0.25) is 0 Å². The van der Waals surface area contributed by atoms with Crippen LogP contribution in [0.3, 0.4) is 0 Å². The molecule has 0 N–H and O–H groups in total. The fourth-order valence-electron chi connectivity index (χ4n) is 3.34. The number of nitrogens with zero attached hydrogens (tertiary/aromatic N) is 1. The van der Waals surface area contributed by atoms with Crippen molar-refractivity contribution in [1.82, 2.24) is 4.31 Å². The van der Waals surface area contributed by atoms with Crippen molar-refractivity contribution in [2.75, 3.05) is 7.11 Å². The normalized spacial score (nSPS) is 22.0. The van der Waals surface area contributed by atoms with Gasteiger partial charge in [-0.15, -0.1) is 0 Å². The summed E-state index contributed by atoms with van der Waals surface area (Å²) < 4.78 is 33.2. The molecule has 0 bridgehead atoms. The first-order valence-electron chi connectivity index (χ1n) is 8.40. The minimum atomic E-state index is -3.61. The van der Waals surface area contributed by atoms with Gasteiger partial charge >= 0.3 is 0 Å². The number of rotatable bonds is 5. The maximum atomic E-state index is 13.2. The van der Waals surface area contributed by atoms with E-state index in [1.165, 1.54) is 0 Å². The van der Waals surface area contributed by atoms with Gasteiger partial charge in [0.2, 0.25) is 10.0 Å². The maximum absolute atomic E-state index is 13.2. The molecule has 1 aliphatic heterocycles. The van der Waals surface area contributed by atoms with Crippen LogP contribution in [-0.2, 0) is 10.0 Å². The van der Waals surface area contributed by atoms with Gasteiger partial charge in [0.05, 0.1) is 24.1 Å². The molecule has 132 valence electrons. The van der Waals surface area contributed by atoms with Crippen LogP contribution in [0.25, 0.3) is 0 Å². The van der Waals surface area contributed by atoms with E-state index in [-0.39, 0.29) is 17.0 Å². The minimum absolute atomic E-state index is 0.189. The molecule has 0 radical (unpaired) electrons. The third-order valence-corrected chi connectivity index (χ3v) is 6.55. The first-order chi connectivity index (χ1) is 12.6. The predicted molar refractivity (Wildman–Crippen MR) is 100 cm³/mol. The highest BCUT2D eigenvalue weighted by molar-refractivity contribution is 7.89. The van der Waals surface area contributed by atoms with Crippen molar-refractivity contribution >= 4 is 10.0 Å². The van der Waals surface area contributed by atoms with Crippen LogP contribution < -0.4 is 4.74 Å². The highest BCUT2D eigenvalue weighted by atomic mass is 32.2. The second kappa shape index (κ2) is 6.59. The SMILES string of the molecule is COc1ccc(S(=O)(=O)N2[C@@H](c3ccccc3)[C@@H]2c2ccccc2)cc1. The largest absolute Gasteiger partial charge is 0.497 e. The maximum Gasteiger partial charge on any atom is 0.244 e. The zero-order valence-electron chi connectivity index (χ0n) is 14.3. The Morgan fingerprint density at radius 2 is 1.19 bits per heavy atom. The van der Waals surface area contributed by atoms with Crippen molar-refractivity contribution in [1.29, 1.82) is 0 Å². The lowest BCUT2D eigenvalue weighted by atomic mass is 10.0. The summed E-state index contributed by atoms with van der Waals surface area (Å²) in [5.41, 5.74) is 2.00. The van der Waals surface area contributed by atoms with Crippen LogP contribution in [0.5, 0.6) is 5.75 Å². The third kappa shape index (κ3) is 2.89. The Morgan fingerprint density at radius 3 is 1.62 bits per heavy atom. The van der Waals surface area contributed by atoms with E-state index in [1.54, 1.807) is 35.7 Å². The Balaban J connectivity index is 1.74. The molecule has 4 rings (SSSR count). The Labute approximate surface area is 153 Å². The molecule has 0 aliphatic carbocycles. The first kappa shape index (κ1) is 16.8. The molecule has 1 heterocycles. The number of hydrogen-bond donors (Lipinski definition) is 0. The molecule has 1 saturated heterocycles. The smallest absolute Gasteiger partial charge is 0.244 e. The minimum Gasteiger partial charge on any atom is -0.497 e. The summed E-state index contributed by atoms with van der Waals surface area (Å²) in [6, 6.07) is 25.7. The summed E-state index contributed by atoms with van der Waals surface area (Å²) in [5.74, 6) is 0.633. The molecule has 1 fully saturated rings. The van der Waals surface area contributed by atoms with E-state index in [0.717, 1.165) is 11.1 Å². The average molecular weight is 365 g/mol. The standard InChI is InChI=1S/C21H19NO3S/c1-25-18-12-14-19(15-13-18)26(23,24)22-20(16-8-4-2-5-9-16)21(22)17-10-6-3-7-11-17/h2-15,20-21H,1H3/t20-,21-/m0/s1. The van der Waals surface area contributed by atoms with Crippen molar-refractivity contribution < 1.29 is 13.2 Å². The molecule has 0 aromatic heterocycles. The highest BCUT2D eigenvalue weighted by Gasteiger charge is 2.56. The predicted octanol–water partition coefficient (Wildman–Crippen LogP) is 4.18. The third-order valence-electron chi connectivity index (χ3n) is 4.67. The van der Waals surface area contributed by atoms with Crippen molar-refractivity contribution in [3.8, 4) is 5.75 Å². The fourth-order valence-corrected chi connectivity index (χ4v) is 5.08. The van der Waals surface area contributed by atoms with Gasteiger partial charge in [-0.1, -0.05) is 60.7 Å². The summed E-state index contributed by atoms with van der Waals surface area (Å²) in [6.45, 7) is 0. The van der Waals surface area contributed by atoms with E-state index in [4.69, 9.17) is 4.74 Å². The van der Waals surface area contributed by atoms with E-state index < -0.39 is 10.0 Å². The molecule has 3 aromatic rings. The Kier molecular flexibility index (Phi) is 4.26. The van der Waals surface area contributed by atoms with E-state index in [9.17, 15) is 8.42 Å². The topological polar surface area (TPSA) is 46.4 Å². The van der Waals surface area contributed by atoms with Crippen LogP contribution in [0.4, 0.5) is 0 Å².